The normalized spacial score (nSPS) is 14.2. The molecule has 36 heavy (non-hydrogen) atoms. The molecular weight excluding hydrogens is 473 g/mol. The highest BCUT2D eigenvalue weighted by Gasteiger charge is 2.64. The van der Waals surface area contributed by atoms with Crippen molar-refractivity contribution in [2.75, 3.05) is 7.11 Å². The van der Waals surface area contributed by atoms with Gasteiger partial charge in [0.1, 0.15) is 6.10 Å². The maximum absolute atomic E-state index is 14.1. The van der Waals surface area contributed by atoms with Crippen molar-refractivity contribution >= 4 is 11.9 Å². The van der Waals surface area contributed by atoms with E-state index in [9.17, 15) is 27.9 Å². The summed E-state index contributed by atoms with van der Waals surface area (Å²) in [6.07, 6.45) is 8.12. The van der Waals surface area contributed by atoms with Crippen molar-refractivity contribution in [2.24, 2.45) is 0 Å². The van der Waals surface area contributed by atoms with Crippen molar-refractivity contribution in [2.45, 2.75) is 121 Å². The first-order valence-electron chi connectivity index (χ1n) is 13.3. The van der Waals surface area contributed by atoms with Crippen molar-refractivity contribution in [1.82, 2.24) is 0 Å². The van der Waals surface area contributed by atoms with Crippen LogP contribution >= 0.6 is 0 Å². The standard InChI is InChI=1S/C28H43F3O5/c1-3-4-5-6-7-8-9-10-11-12-13-14-18-21-24(22-25(32)33)36-26(34)27(35-2,28(29,30)31)23-19-16-15-17-20-23/h15-17,19-20,24H,3-14,18,21-22H2,1-2H3,(H,32,33)/t24-,27-/m1/s1. The number of ether oxygens (including phenoxy) is 2. The summed E-state index contributed by atoms with van der Waals surface area (Å²) in [5.41, 5.74) is -3.74. The first-order chi connectivity index (χ1) is 17.2. The van der Waals surface area contributed by atoms with Crippen LogP contribution in [0.1, 0.15) is 109 Å². The van der Waals surface area contributed by atoms with E-state index >= 15 is 0 Å². The quantitative estimate of drug-likeness (QED) is 0.141. The van der Waals surface area contributed by atoms with Crippen LogP contribution in [0.4, 0.5) is 13.2 Å². The van der Waals surface area contributed by atoms with E-state index in [1.165, 1.54) is 69.6 Å². The van der Waals surface area contributed by atoms with E-state index in [0.29, 0.717) is 6.42 Å². The molecule has 0 saturated heterocycles. The number of alkyl halides is 3. The summed E-state index contributed by atoms with van der Waals surface area (Å²) in [5.74, 6) is -2.89. The number of carboxylic acid groups (broad SMARTS) is 1. The lowest BCUT2D eigenvalue weighted by molar-refractivity contribution is -0.278. The van der Waals surface area contributed by atoms with E-state index in [1.807, 2.05) is 0 Å². The molecule has 0 unspecified atom stereocenters. The SMILES string of the molecule is CCCCCCCCCCCCCCC[C@H](CC(=O)O)OC(=O)[C@](OC)(c1ccccc1)C(F)(F)F. The van der Waals surface area contributed by atoms with Gasteiger partial charge in [0, 0.05) is 12.7 Å². The molecule has 0 fully saturated rings. The van der Waals surface area contributed by atoms with Gasteiger partial charge in [-0.05, 0) is 12.8 Å². The average Bonchev–Trinajstić information content (AvgIpc) is 2.82. The molecule has 8 heteroatoms. The van der Waals surface area contributed by atoms with Crippen LogP contribution in [-0.4, -0.2) is 36.4 Å². The van der Waals surface area contributed by atoms with Crippen LogP contribution in [-0.2, 0) is 24.7 Å². The summed E-state index contributed by atoms with van der Waals surface area (Å²) in [6.45, 7) is 2.21. The summed E-state index contributed by atoms with van der Waals surface area (Å²) in [6, 6.07) is 6.52. The Morgan fingerprint density at radius 3 is 1.72 bits per heavy atom. The van der Waals surface area contributed by atoms with Crippen molar-refractivity contribution in [1.29, 1.82) is 0 Å². The summed E-state index contributed by atoms with van der Waals surface area (Å²) in [5, 5.41) is 9.19. The zero-order valence-electron chi connectivity index (χ0n) is 21.8. The molecule has 0 spiro atoms. The van der Waals surface area contributed by atoms with E-state index in [-0.39, 0.29) is 6.42 Å². The molecule has 0 aliphatic carbocycles. The number of aliphatic carboxylic acids is 1. The van der Waals surface area contributed by atoms with Gasteiger partial charge in [-0.25, -0.2) is 4.79 Å². The number of hydrogen-bond donors (Lipinski definition) is 1. The minimum atomic E-state index is -5.09. The molecule has 0 saturated carbocycles. The molecule has 0 bridgehead atoms. The molecule has 0 radical (unpaired) electrons. The van der Waals surface area contributed by atoms with Crippen LogP contribution in [0.3, 0.4) is 0 Å². The van der Waals surface area contributed by atoms with E-state index < -0.39 is 41.8 Å². The average molecular weight is 517 g/mol. The fourth-order valence-corrected chi connectivity index (χ4v) is 4.41. The van der Waals surface area contributed by atoms with Crippen LogP contribution in [0, 0.1) is 0 Å². The minimum Gasteiger partial charge on any atom is -0.481 e. The minimum absolute atomic E-state index is 0.183. The zero-order valence-corrected chi connectivity index (χ0v) is 21.8. The second kappa shape index (κ2) is 17.4. The number of carbonyl (C=O) groups excluding carboxylic acids is 1. The van der Waals surface area contributed by atoms with E-state index in [1.54, 1.807) is 0 Å². The van der Waals surface area contributed by atoms with Gasteiger partial charge in [0.05, 0.1) is 6.42 Å². The fraction of sp³-hybridized carbons (Fsp3) is 0.714. The van der Waals surface area contributed by atoms with E-state index in [2.05, 4.69) is 6.92 Å². The predicted molar refractivity (Wildman–Crippen MR) is 134 cm³/mol. The molecule has 1 aromatic rings. The Kier molecular flexibility index (Phi) is 15.4. The Morgan fingerprint density at radius 1 is 0.833 bits per heavy atom. The van der Waals surface area contributed by atoms with Gasteiger partial charge < -0.3 is 14.6 Å². The van der Waals surface area contributed by atoms with Gasteiger partial charge in [0.2, 0.25) is 0 Å². The fourth-order valence-electron chi connectivity index (χ4n) is 4.41. The molecule has 1 aromatic carbocycles. The number of carboxylic acids is 1. The largest absolute Gasteiger partial charge is 0.481 e. The monoisotopic (exact) mass is 516 g/mol. The Bertz CT molecular complexity index is 738. The van der Waals surface area contributed by atoms with Gasteiger partial charge in [0.15, 0.2) is 0 Å². The van der Waals surface area contributed by atoms with Gasteiger partial charge in [-0.15, -0.1) is 0 Å². The maximum atomic E-state index is 14.1. The lowest BCUT2D eigenvalue weighted by atomic mass is 9.92. The molecule has 0 aliphatic heterocycles. The first-order valence-corrected chi connectivity index (χ1v) is 13.3. The molecule has 206 valence electrons. The first kappa shape index (κ1) is 31.9. The number of hydrogen-bond acceptors (Lipinski definition) is 4. The zero-order chi connectivity index (χ0) is 26.9. The van der Waals surface area contributed by atoms with Gasteiger partial charge in [0.25, 0.3) is 5.60 Å². The van der Waals surface area contributed by atoms with E-state index in [4.69, 9.17) is 9.47 Å². The third-order valence-electron chi connectivity index (χ3n) is 6.48. The van der Waals surface area contributed by atoms with Gasteiger partial charge in [-0.2, -0.15) is 13.2 Å². The highest BCUT2D eigenvalue weighted by molar-refractivity contribution is 5.83. The molecule has 0 aliphatic rings. The number of esters is 1. The van der Waals surface area contributed by atoms with Crippen LogP contribution < -0.4 is 0 Å². The Morgan fingerprint density at radius 2 is 1.31 bits per heavy atom. The lowest BCUT2D eigenvalue weighted by Crippen LogP contribution is -2.52. The second-order valence-corrected chi connectivity index (χ2v) is 9.41. The van der Waals surface area contributed by atoms with Gasteiger partial charge in [-0.3, -0.25) is 4.79 Å². The smallest absolute Gasteiger partial charge is 0.432 e. The van der Waals surface area contributed by atoms with Crippen molar-refractivity contribution in [3.05, 3.63) is 35.9 Å². The number of carbonyl (C=O) groups is 2. The Balaban J connectivity index is 2.51. The summed E-state index contributed by atoms with van der Waals surface area (Å²) >= 11 is 0. The van der Waals surface area contributed by atoms with Gasteiger partial charge in [-0.1, -0.05) is 114 Å². The third kappa shape index (κ3) is 10.9. The molecule has 0 aromatic heterocycles. The maximum Gasteiger partial charge on any atom is 0.432 e. The van der Waals surface area contributed by atoms with Gasteiger partial charge >= 0.3 is 18.1 Å². The number of rotatable bonds is 20. The van der Waals surface area contributed by atoms with Crippen molar-refractivity contribution in [3.8, 4) is 0 Å². The highest BCUT2D eigenvalue weighted by atomic mass is 19.4. The Labute approximate surface area is 213 Å². The highest BCUT2D eigenvalue weighted by Crippen LogP contribution is 2.43. The van der Waals surface area contributed by atoms with Crippen molar-refractivity contribution in [3.63, 3.8) is 0 Å². The number of unbranched alkanes of at least 4 members (excludes halogenated alkanes) is 12. The van der Waals surface area contributed by atoms with Crippen LogP contribution in [0.2, 0.25) is 0 Å². The van der Waals surface area contributed by atoms with Crippen LogP contribution in [0.15, 0.2) is 30.3 Å². The van der Waals surface area contributed by atoms with Crippen LogP contribution in [0.5, 0.6) is 0 Å². The van der Waals surface area contributed by atoms with Crippen molar-refractivity contribution < 1.29 is 37.3 Å². The summed E-state index contributed by atoms with van der Waals surface area (Å²) < 4.78 is 52.0. The molecular formula is C28H43F3O5. The Hall–Kier alpha value is -2.09. The topological polar surface area (TPSA) is 72.8 Å². The van der Waals surface area contributed by atoms with E-state index in [0.717, 1.165) is 44.9 Å². The molecule has 0 amide bonds. The molecule has 2 atom stereocenters. The number of benzene rings is 1. The number of halogens is 3. The summed E-state index contributed by atoms with van der Waals surface area (Å²) in [7, 11) is 0.792. The molecule has 0 heterocycles. The third-order valence-corrected chi connectivity index (χ3v) is 6.48. The summed E-state index contributed by atoms with van der Waals surface area (Å²) in [4.78, 5) is 24.1. The molecule has 5 nitrogen and oxygen atoms in total. The molecule has 1 N–H and O–H groups in total. The predicted octanol–water partition coefficient (Wildman–Crippen LogP) is 7.96. The lowest BCUT2D eigenvalue weighted by Gasteiger charge is -2.33. The number of methoxy groups -OCH3 is 1. The molecule has 1 rings (SSSR count). The second-order valence-electron chi connectivity index (χ2n) is 9.41. The van der Waals surface area contributed by atoms with Crippen LogP contribution in [0.25, 0.3) is 0 Å².